The molecule has 4 nitrogen and oxygen atoms in total. The smallest absolute Gasteiger partial charge is 0.156 e. The minimum Gasteiger partial charge on any atom is -0.497 e. The number of hydrogen-bond donors (Lipinski definition) is 0. The van der Waals surface area contributed by atoms with Crippen molar-refractivity contribution in [2.45, 2.75) is 13.0 Å². The molecule has 0 aliphatic rings. The largest absolute Gasteiger partial charge is 0.497 e. The summed E-state index contributed by atoms with van der Waals surface area (Å²) in [7, 11) is 1.62. The molecule has 0 N–H and O–H groups in total. The van der Waals surface area contributed by atoms with E-state index < -0.39 is 0 Å². The van der Waals surface area contributed by atoms with Crippen molar-refractivity contribution < 1.29 is 9.53 Å². The van der Waals surface area contributed by atoms with Crippen LogP contribution in [-0.4, -0.2) is 22.4 Å². The SMILES string of the molecule is COc1ccc(CC(=O)Cn2ccnc2)cc1. The second kappa shape index (κ2) is 5.30. The van der Waals surface area contributed by atoms with Crippen LogP contribution in [0.25, 0.3) is 0 Å². The molecule has 0 unspecified atom stereocenters. The maximum atomic E-state index is 11.8. The van der Waals surface area contributed by atoms with Gasteiger partial charge in [-0.2, -0.15) is 0 Å². The summed E-state index contributed by atoms with van der Waals surface area (Å²) in [5, 5.41) is 0. The summed E-state index contributed by atoms with van der Waals surface area (Å²) in [5.41, 5.74) is 0.996. The molecule has 0 saturated heterocycles. The van der Waals surface area contributed by atoms with Crippen LogP contribution in [0.2, 0.25) is 0 Å². The number of imidazole rings is 1. The van der Waals surface area contributed by atoms with E-state index in [1.54, 1.807) is 30.4 Å². The van der Waals surface area contributed by atoms with E-state index >= 15 is 0 Å². The van der Waals surface area contributed by atoms with Crippen molar-refractivity contribution in [3.63, 3.8) is 0 Å². The molecule has 0 fully saturated rings. The van der Waals surface area contributed by atoms with Gasteiger partial charge in [0.2, 0.25) is 0 Å². The lowest BCUT2D eigenvalue weighted by molar-refractivity contribution is -0.119. The number of carbonyl (C=O) groups excluding carboxylic acids is 1. The molecule has 0 atom stereocenters. The Labute approximate surface area is 99.9 Å². The molecule has 0 bridgehead atoms. The fourth-order valence-electron chi connectivity index (χ4n) is 1.61. The zero-order valence-corrected chi connectivity index (χ0v) is 9.67. The highest BCUT2D eigenvalue weighted by Gasteiger charge is 2.04. The number of ketones is 1. The molecule has 0 aliphatic heterocycles. The fraction of sp³-hybridized carbons (Fsp3) is 0.231. The summed E-state index contributed by atoms with van der Waals surface area (Å²) >= 11 is 0. The molecule has 0 spiro atoms. The summed E-state index contributed by atoms with van der Waals surface area (Å²) < 4.78 is 6.83. The topological polar surface area (TPSA) is 44.1 Å². The van der Waals surface area contributed by atoms with Crippen molar-refractivity contribution in [1.82, 2.24) is 9.55 Å². The molecule has 0 aliphatic carbocycles. The molecular weight excluding hydrogens is 216 g/mol. The summed E-state index contributed by atoms with van der Waals surface area (Å²) in [6.07, 6.45) is 5.53. The second-order valence-electron chi connectivity index (χ2n) is 3.80. The van der Waals surface area contributed by atoms with Crippen molar-refractivity contribution in [1.29, 1.82) is 0 Å². The van der Waals surface area contributed by atoms with Crippen LogP contribution in [0.15, 0.2) is 43.0 Å². The average molecular weight is 230 g/mol. The van der Waals surface area contributed by atoms with Crippen LogP contribution in [-0.2, 0) is 17.8 Å². The van der Waals surface area contributed by atoms with Gasteiger partial charge in [-0.3, -0.25) is 4.79 Å². The van der Waals surface area contributed by atoms with Gasteiger partial charge in [0.15, 0.2) is 5.78 Å². The molecule has 0 radical (unpaired) electrons. The van der Waals surface area contributed by atoms with E-state index in [0.717, 1.165) is 11.3 Å². The molecule has 2 rings (SSSR count). The zero-order chi connectivity index (χ0) is 12.1. The number of Topliss-reactive ketones (excluding diaryl/α,β-unsaturated/α-hetero) is 1. The summed E-state index contributed by atoms with van der Waals surface area (Å²) in [5.74, 6) is 0.962. The minimum absolute atomic E-state index is 0.160. The number of rotatable bonds is 5. The van der Waals surface area contributed by atoms with Crippen LogP contribution in [0.5, 0.6) is 5.75 Å². The van der Waals surface area contributed by atoms with Gasteiger partial charge in [0.25, 0.3) is 0 Å². The number of aromatic nitrogens is 2. The Morgan fingerprint density at radius 2 is 2.12 bits per heavy atom. The van der Waals surface area contributed by atoms with Crippen molar-refractivity contribution >= 4 is 5.78 Å². The second-order valence-corrected chi connectivity index (χ2v) is 3.80. The molecule has 0 amide bonds. The lowest BCUT2D eigenvalue weighted by atomic mass is 10.1. The Kier molecular flexibility index (Phi) is 3.55. The van der Waals surface area contributed by atoms with Crippen LogP contribution in [0.4, 0.5) is 0 Å². The molecule has 0 saturated carbocycles. The van der Waals surface area contributed by atoms with Crippen molar-refractivity contribution in [3.8, 4) is 5.75 Å². The molecule has 1 heterocycles. The van der Waals surface area contributed by atoms with E-state index in [1.807, 2.05) is 24.3 Å². The first kappa shape index (κ1) is 11.4. The summed E-state index contributed by atoms with van der Waals surface area (Å²) in [4.78, 5) is 15.7. The van der Waals surface area contributed by atoms with E-state index in [4.69, 9.17) is 4.74 Å². The Morgan fingerprint density at radius 3 is 2.71 bits per heavy atom. The first-order chi connectivity index (χ1) is 8.28. The molecule has 4 heteroatoms. The Morgan fingerprint density at radius 1 is 1.35 bits per heavy atom. The van der Waals surface area contributed by atoms with Crippen LogP contribution in [0.1, 0.15) is 5.56 Å². The fourth-order valence-corrected chi connectivity index (χ4v) is 1.61. The van der Waals surface area contributed by atoms with Crippen molar-refractivity contribution in [3.05, 3.63) is 48.5 Å². The van der Waals surface area contributed by atoms with E-state index in [9.17, 15) is 4.79 Å². The normalized spacial score (nSPS) is 10.2. The van der Waals surface area contributed by atoms with Gasteiger partial charge in [0.05, 0.1) is 20.0 Å². The predicted molar refractivity (Wildman–Crippen MR) is 63.9 cm³/mol. The van der Waals surface area contributed by atoms with Gasteiger partial charge in [0, 0.05) is 18.8 Å². The Hall–Kier alpha value is -2.10. The molecule has 2 aromatic rings. The Bertz CT molecular complexity index is 475. The monoisotopic (exact) mass is 230 g/mol. The predicted octanol–water partition coefficient (Wildman–Crippen LogP) is 1.70. The van der Waals surface area contributed by atoms with Gasteiger partial charge in [-0.15, -0.1) is 0 Å². The molecule has 1 aromatic carbocycles. The first-order valence-corrected chi connectivity index (χ1v) is 5.38. The van der Waals surface area contributed by atoms with Crippen LogP contribution in [0, 0.1) is 0 Å². The van der Waals surface area contributed by atoms with Crippen molar-refractivity contribution in [2.75, 3.05) is 7.11 Å². The van der Waals surface area contributed by atoms with E-state index in [1.165, 1.54) is 0 Å². The van der Waals surface area contributed by atoms with Gasteiger partial charge in [0.1, 0.15) is 5.75 Å². The Balaban J connectivity index is 1.93. The summed E-state index contributed by atoms with van der Waals surface area (Å²) in [6.45, 7) is 0.367. The van der Waals surface area contributed by atoms with Crippen LogP contribution >= 0.6 is 0 Å². The number of ether oxygens (including phenoxy) is 1. The van der Waals surface area contributed by atoms with Gasteiger partial charge in [-0.1, -0.05) is 12.1 Å². The highest BCUT2D eigenvalue weighted by molar-refractivity contribution is 5.80. The lowest BCUT2D eigenvalue weighted by Gasteiger charge is -2.03. The molecule has 17 heavy (non-hydrogen) atoms. The first-order valence-electron chi connectivity index (χ1n) is 5.38. The highest BCUT2D eigenvalue weighted by atomic mass is 16.5. The number of carbonyl (C=O) groups is 1. The minimum atomic E-state index is 0.160. The maximum Gasteiger partial charge on any atom is 0.156 e. The zero-order valence-electron chi connectivity index (χ0n) is 9.67. The number of hydrogen-bond acceptors (Lipinski definition) is 3. The van der Waals surface area contributed by atoms with Gasteiger partial charge < -0.3 is 9.30 Å². The highest BCUT2D eigenvalue weighted by Crippen LogP contribution is 2.12. The molecule has 88 valence electrons. The lowest BCUT2D eigenvalue weighted by Crippen LogP contribution is -2.11. The van der Waals surface area contributed by atoms with Crippen LogP contribution in [0.3, 0.4) is 0 Å². The van der Waals surface area contributed by atoms with Crippen LogP contribution < -0.4 is 4.74 Å². The third kappa shape index (κ3) is 3.17. The summed E-state index contributed by atoms with van der Waals surface area (Å²) in [6, 6.07) is 7.54. The van der Waals surface area contributed by atoms with Crippen molar-refractivity contribution in [2.24, 2.45) is 0 Å². The average Bonchev–Trinajstić information content (AvgIpc) is 2.82. The van der Waals surface area contributed by atoms with Gasteiger partial charge >= 0.3 is 0 Å². The number of methoxy groups -OCH3 is 1. The standard InChI is InChI=1S/C13H14N2O2/c1-17-13-4-2-11(3-5-13)8-12(16)9-15-7-6-14-10-15/h2-7,10H,8-9H2,1H3. The van der Waals surface area contributed by atoms with E-state index in [0.29, 0.717) is 13.0 Å². The molecule has 1 aromatic heterocycles. The van der Waals surface area contributed by atoms with E-state index in [-0.39, 0.29) is 5.78 Å². The van der Waals surface area contributed by atoms with E-state index in [2.05, 4.69) is 4.98 Å². The third-order valence-corrected chi connectivity index (χ3v) is 2.48. The van der Waals surface area contributed by atoms with Gasteiger partial charge in [-0.25, -0.2) is 4.98 Å². The quantitative estimate of drug-likeness (QED) is 0.785. The molecular formula is C13H14N2O2. The van der Waals surface area contributed by atoms with Gasteiger partial charge in [-0.05, 0) is 17.7 Å². The third-order valence-electron chi connectivity index (χ3n) is 2.48. The number of nitrogens with zero attached hydrogens (tertiary/aromatic N) is 2. The maximum absolute atomic E-state index is 11.8. The number of benzene rings is 1.